The van der Waals surface area contributed by atoms with E-state index in [0.29, 0.717) is 18.6 Å². The van der Waals surface area contributed by atoms with E-state index >= 15 is 0 Å². The number of ketones is 2. The summed E-state index contributed by atoms with van der Waals surface area (Å²) < 4.78 is 1.85. The van der Waals surface area contributed by atoms with E-state index in [4.69, 9.17) is 9.97 Å². The Kier molecular flexibility index (Phi) is 14.6. The third kappa shape index (κ3) is 11.6. The number of nitrogens with zero attached hydrogens (tertiary/aromatic N) is 4. The number of aromatic nitrogens is 4. The maximum Gasteiger partial charge on any atom is 0.180 e. The molecular formula is C48H72N4O2S2. The summed E-state index contributed by atoms with van der Waals surface area (Å²) in [6.07, 6.45) is 12.2. The predicted octanol–water partition coefficient (Wildman–Crippen LogP) is 12.8. The Morgan fingerprint density at radius 3 is 1.82 bits per heavy atom. The van der Waals surface area contributed by atoms with Gasteiger partial charge in [0.05, 0.1) is 27.1 Å². The minimum absolute atomic E-state index is 0. The molecule has 0 fully saturated rings. The molecule has 308 valence electrons. The van der Waals surface area contributed by atoms with Gasteiger partial charge in [0.2, 0.25) is 0 Å². The second kappa shape index (κ2) is 17.9. The molecule has 0 saturated heterocycles. The third-order valence-corrected chi connectivity index (χ3v) is 13.9. The molecule has 3 aliphatic carbocycles. The van der Waals surface area contributed by atoms with Crippen LogP contribution in [-0.4, -0.2) is 31.3 Å². The number of aryl methyl sites for hydroxylation is 5. The lowest BCUT2D eigenvalue weighted by atomic mass is 9.85. The van der Waals surface area contributed by atoms with Crippen molar-refractivity contribution >= 4 is 34.2 Å². The number of Topliss-reactive ketones (excluding diaryl/α,β-unsaturated/α-hetero) is 2. The molecule has 0 spiro atoms. The van der Waals surface area contributed by atoms with E-state index in [9.17, 15) is 9.59 Å². The van der Waals surface area contributed by atoms with Crippen LogP contribution in [0.5, 0.6) is 0 Å². The van der Waals surface area contributed by atoms with Crippen molar-refractivity contribution in [1.29, 1.82) is 0 Å². The van der Waals surface area contributed by atoms with Crippen LogP contribution in [0.2, 0.25) is 0 Å². The lowest BCUT2D eigenvalue weighted by Gasteiger charge is -2.19. The van der Waals surface area contributed by atoms with Crippen molar-refractivity contribution in [3.63, 3.8) is 0 Å². The number of benzene rings is 1. The second-order valence-corrected chi connectivity index (χ2v) is 22.5. The summed E-state index contributed by atoms with van der Waals surface area (Å²) in [5, 5.41) is 7.10. The van der Waals surface area contributed by atoms with Gasteiger partial charge in [0.25, 0.3) is 0 Å². The van der Waals surface area contributed by atoms with Crippen LogP contribution < -0.4 is 0 Å². The highest BCUT2D eigenvalue weighted by molar-refractivity contribution is 7.12. The smallest absolute Gasteiger partial charge is 0.180 e. The van der Waals surface area contributed by atoms with Crippen LogP contribution >= 0.6 is 22.7 Å². The zero-order valence-corrected chi connectivity index (χ0v) is 37.9. The van der Waals surface area contributed by atoms with Crippen molar-refractivity contribution in [1.82, 2.24) is 19.7 Å². The standard InChI is InChI=1S/C13H16O.C12H19NS.C11H16N2O.C11H17NS.CH4/c1-13(2,3)10-6-4-9-5-7-12(14)11(9)8-10;1-8-5-6-9-10(7-8)14-11(13-9)12(2,3)4;1-11(2,3)10-7-8-9(14)5-4-6-13(8)12-10;1-11(2,3)10-12-8-6-4-5-7-9(8)13-10;/h4,6,8H,5,7H2,1-3H3;8H,5-7H2,1-4H3;7H,4-6H2,1-3H3;4-7H2,1-3H3;1H4. The summed E-state index contributed by atoms with van der Waals surface area (Å²) in [5.74, 6) is 1.40. The van der Waals surface area contributed by atoms with Crippen LogP contribution in [0.25, 0.3) is 0 Å². The third-order valence-electron chi connectivity index (χ3n) is 10.8. The van der Waals surface area contributed by atoms with Crippen LogP contribution in [-0.2, 0) is 60.3 Å². The van der Waals surface area contributed by atoms with Gasteiger partial charge >= 0.3 is 0 Å². The molecule has 1 aromatic carbocycles. The van der Waals surface area contributed by atoms with Gasteiger partial charge in [-0.1, -0.05) is 110 Å². The van der Waals surface area contributed by atoms with Crippen LogP contribution in [0.3, 0.4) is 0 Å². The van der Waals surface area contributed by atoms with Crippen molar-refractivity contribution in [2.24, 2.45) is 5.92 Å². The second-order valence-electron chi connectivity index (χ2n) is 20.3. The van der Waals surface area contributed by atoms with Crippen molar-refractivity contribution in [2.75, 3.05) is 0 Å². The van der Waals surface area contributed by atoms with Gasteiger partial charge in [-0.25, -0.2) is 9.97 Å². The number of hydrogen-bond acceptors (Lipinski definition) is 7. The Morgan fingerprint density at radius 1 is 0.643 bits per heavy atom. The fourth-order valence-corrected chi connectivity index (χ4v) is 9.67. The summed E-state index contributed by atoms with van der Waals surface area (Å²) in [5.41, 5.74) is 8.66. The molecule has 4 aliphatic rings. The van der Waals surface area contributed by atoms with Crippen LogP contribution in [0.1, 0.15) is 205 Å². The maximum absolute atomic E-state index is 11.6. The largest absolute Gasteiger partial charge is 0.294 e. The number of fused-ring (bicyclic) bond motifs is 4. The van der Waals surface area contributed by atoms with Gasteiger partial charge in [-0.05, 0) is 92.4 Å². The molecule has 8 rings (SSSR count). The Bertz CT molecular complexity index is 1940. The van der Waals surface area contributed by atoms with Crippen LogP contribution in [0.15, 0.2) is 24.3 Å². The molecule has 0 saturated carbocycles. The van der Waals surface area contributed by atoms with E-state index in [1.165, 1.54) is 77.5 Å². The first-order valence-corrected chi connectivity index (χ1v) is 22.4. The quantitative estimate of drug-likeness (QED) is 0.177. The Balaban J connectivity index is 0.000000165. The highest BCUT2D eigenvalue weighted by Gasteiger charge is 2.27. The van der Waals surface area contributed by atoms with Crippen LogP contribution in [0, 0.1) is 5.92 Å². The van der Waals surface area contributed by atoms with Gasteiger partial charge in [0.1, 0.15) is 5.69 Å². The van der Waals surface area contributed by atoms with E-state index < -0.39 is 0 Å². The molecule has 4 aromatic rings. The molecule has 0 radical (unpaired) electrons. The minimum atomic E-state index is 0. The van der Waals surface area contributed by atoms with Gasteiger partial charge in [0, 0.05) is 50.9 Å². The molecule has 4 heterocycles. The van der Waals surface area contributed by atoms with E-state index in [1.54, 1.807) is 9.75 Å². The van der Waals surface area contributed by atoms with Crippen molar-refractivity contribution in [3.8, 4) is 0 Å². The summed E-state index contributed by atoms with van der Waals surface area (Å²) in [6, 6.07) is 8.28. The Hall–Kier alpha value is -2.97. The molecule has 0 amide bonds. The molecule has 0 N–H and O–H groups in total. The summed E-state index contributed by atoms with van der Waals surface area (Å²) >= 11 is 3.87. The highest BCUT2D eigenvalue weighted by atomic mass is 32.1. The van der Waals surface area contributed by atoms with Gasteiger partial charge in [-0.3, -0.25) is 14.3 Å². The van der Waals surface area contributed by atoms with E-state index in [0.717, 1.165) is 42.3 Å². The Morgan fingerprint density at radius 2 is 1.25 bits per heavy atom. The van der Waals surface area contributed by atoms with Crippen molar-refractivity contribution in [3.05, 3.63) is 83.5 Å². The molecule has 6 nitrogen and oxygen atoms in total. The molecule has 3 aromatic heterocycles. The van der Waals surface area contributed by atoms with Gasteiger partial charge < -0.3 is 0 Å². The molecule has 1 aliphatic heterocycles. The summed E-state index contributed by atoms with van der Waals surface area (Å²) in [7, 11) is 0. The number of rotatable bonds is 0. The average molecular weight is 801 g/mol. The van der Waals surface area contributed by atoms with Crippen molar-refractivity contribution < 1.29 is 9.59 Å². The number of thiazole rings is 2. The van der Waals surface area contributed by atoms with Crippen molar-refractivity contribution in [2.45, 2.75) is 196 Å². The first-order valence-electron chi connectivity index (χ1n) is 20.8. The van der Waals surface area contributed by atoms with Gasteiger partial charge in [-0.15, -0.1) is 22.7 Å². The zero-order valence-electron chi connectivity index (χ0n) is 36.3. The highest BCUT2D eigenvalue weighted by Crippen LogP contribution is 2.36. The maximum atomic E-state index is 11.6. The number of carbonyl (C=O) groups excluding carboxylic acids is 2. The molecule has 56 heavy (non-hydrogen) atoms. The van der Waals surface area contributed by atoms with Gasteiger partial charge in [0.15, 0.2) is 11.6 Å². The normalized spacial score (nSPS) is 17.7. The molecule has 0 bridgehead atoms. The first kappa shape index (κ1) is 45.7. The first-order chi connectivity index (χ1) is 25.5. The Labute approximate surface area is 347 Å². The molecule has 1 atom stereocenters. The minimum Gasteiger partial charge on any atom is -0.294 e. The number of hydrogen-bond donors (Lipinski definition) is 0. The topological polar surface area (TPSA) is 77.7 Å². The molecule has 1 unspecified atom stereocenters. The fourth-order valence-electron chi connectivity index (χ4n) is 7.13. The fraction of sp³-hybridized carbons (Fsp3) is 0.646. The van der Waals surface area contributed by atoms with Crippen LogP contribution in [0.4, 0.5) is 0 Å². The van der Waals surface area contributed by atoms with Gasteiger partial charge in [-0.2, -0.15) is 5.10 Å². The molecular weight excluding hydrogens is 729 g/mol. The summed E-state index contributed by atoms with van der Waals surface area (Å²) in [4.78, 5) is 35.7. The number of carbonyl (C=O) groups is 2. The summed E-state index contributed by atoms with van der Waals surface area (Å²) in [6.45, 7) is 29.6. The monoisotopic (exact) mass is 801 g/mol. The zero-order chi connectivity index (χ0) is 40.5. The lowest BCUT2D eigenvalue weighted by molar-refractivity contribution is 0.0950. The van der Waals surface area contributed by atoms with E-state index in [1.807, 2.05) is 33.4 Å². The van der Waals surface area contributed by atoms with E-state index in [-0.39, 0.29) is 34.9 Å². The predicted molar refractivity (Wildman–Crippen MR) is 238 cm³/mol. The average Bonchev–Trinajstić information content (AvgIpc) is 3.89. The molecule has 8 heteroatoms. The lowest BCUT2D eigenvalue weighted by Crippen LogP contribution is -2.17. The van der Waals surface area contributed by atoms with E-state index in [2.05, 4.69) is 113 Å². The SMILES string of the molecule is C.CC(C)(C)c1cc2n(n1)CCCC2=O.CC(C)(C)c1ccc2c(c1)C(=O)CC2.CC(C)(C)c1nc2c(s1)CCCC2.CC1CCc2nc(C(C)(C)C)sc2C1.